The van der Waals surface area contributed by atoms with Crippen molar-refractivity contribution in [2.45, 2.75) is 18.9 Å². The highest BCUT2D eigenvalue weighted by Gasteiger charge is 2.20. The van der Waals surface area contributed by atoms with Gasteiger partial charge in [0.2, 0.25) is 0 Å². The van der Waals surface area contributed by atoms with Crippen molar-refractivity contribution in [1.82, 2.24) is 0 Å². The maximum Gasteiger partial charge on any atom is 0.271 e. The normalized spacial score (nSPS) is 20.4. The molecule has 1 fully saturated rings. The Morgan fingerprint density at radius 2 is 2.29 bits per heavy atom. The summed E-state index contributed by atoms with van der Waals surface area (Å²) in [4.78, 5) is 12.1. The Balaban J connectivity index is 2.23. The molecule has 1 aromatic rings. The summed E-state index contributed by atoms with van der Waals surface area (Å²) in [7, 11) is 0. The number of non-ortho nitro benzene ring substituents is 1. The van der Waals surface area contributed by atoms with Gasteiger partial charge in [-0.25, -0.2) is 0 Å². The summed E-state index contributed by atoms with van der Waals surface area (Å²) >= 11 is 6.03. The molecular weight excluding hydrogens is 244 g/mol. The number of β-amino-alcohol motifs (C(OH)–C–C–N with tert-alkyl or cyclic N) is 1. The van der Waals surface area contributed by atoms with Gasteiger partial charge in [-0.3, -0.25) is 10.1 Å². The molecule has 5 nitrogen and oxygen atoms in total. The SMILES string of the molecule is O=[N+]([O-])c1ccc(N2CCC[C@@H](O)C2)c(Cl)c1. The number of nitro benzene ring substituents is 1. The minimum atomic E-state index is -0.472. The van der Waals surface area contributed by atoms with E-state index in [4.69, 9.17) is 11.6 Å². The van der Waals surface area contributed by atoms with Crippen LogP contribution < -0.4 is 4.90 Å². The van der Waals surface area contributed by atoms with Gasteiger partial charge in [-0.15, -0.1) is 0 Å². The monoisotopic (exact) mass is 256 g/mol. The molecule has 0 bridgehead atoms. The first-order valence-electron chi connectivity index (χ1n) is 5.45. The lowest BCUT2D eigenvalue weighted by atomic mass is 10.1. The third kappa shape index (κ3) is 2.68. The van der Waals surface area contributed by atoms with Crippen molar-refractivity contribution in [3.8, 4) is 0 Å². The van der Waals surface area contributed by atoms with Crippen LogP contribution in [0.25, 0.3) is 0 Å². The second-order valence-electron chi connectivity index (χ2n) is 4.13. The van der Waals surface area contributed by atoms with E-state index in [-0.39, 0.29) is 11.8 Å². The summed E-state index contributed by atoms with van der Waals surface area (Å²) < 4.78 is 0. The lowest BCUT2D eigenvalue weighted by Crippen LogP contribution is -2.38. The molecular formula is C11H13ClN2O3. The smallest absolute Gasteiger partial charge is 0.271 e. The summed E-state index contributed by atoms with van der Waals surface area (Å²) in [5, 5.41) is 20.5. The summed E-state index contributed by atoms with van der Waals surface area (Å²) in [5.41, 5.74) is 0.729. The number of benzene rings is 1. The van der Waals surface area contributed by atoms with Crippen LogP contribution >= 0.6 is 11.6 Å². The molecule has 0 amide bonds. The molecule has 0 aliphatic carbocycles. The maximum atomic E-state index is 10.6. The Bertz CT molecular complexity index is 439. The summed E-state index contributed by atoms with van der Waals surface area (Å²) in [5.74, 6) is 0. The van der Waals surface area contributed by atoms with Crippen molar-refractivity contribution in [1.29, 1.82) is 0 Å². The average molecular weight is 257 g/mol. The van der Waals surface area contributed by atoms with E-state index in [9.17, 15) is 15.2 Å². The van der Waals surface area contributed by atoms with E-state index in [2.05, 4.69) is 0 Å². The summed E-state index contributed by atoms with van der Waals surface area (Å²) in [6.07, 6.45) is 1.34. The fourth-order valence-electron chi connectivity index (χ4n) is 2.04. The molecule has 0 saturated carbocycles. The fourth-order valence-corrected chi connectivity index (χ4v) is 2.33. The van der Waals surface area contributed by atoms with Crippen LogP contribution in [-0.4, -0.2) is 29.2 Å². The van der Waals surface area contributed by atoms with Gasteiger partial charge in [0, 0.05) is 25.2 Å². The van der Waals surface area contributed by atoms with E-state index in [1.807, 2.05) is 4.90 Å². The van der Waals surface area contributed by atoms with E-state index in [1.165, 1.54) is 12.1 Å². The second-order valence-corrected chi connectivity index (χ2v) is 4.54. The molecule has 0 radical (unpaired) electrons. The number of nitro groups is 1. The number of piperidine rings is 1. The number of nitrogens with zero attached hydrogens (tertiary/aromatic N) is 2. The zero-order valence-electron chi connectivity index (χ0n) is 9.17. The van der Waals surface area contributed by atoms with E-state index in [0.29, 0.717) is 11.6 Å². The molecule has 0 aromatic heterocycles. The highest BCUT2D eigenvalue weighted by Crippen LogP contribution is 2.31. The van der Waals surface area contributed by atoms with Crippen LogP contribution in [0.3, 0.4) is 0 Å². The quantitative estimate of drug-likeness (QED) is 0.651. The standard InChI is InChI=1S/C11H13ClN2O3/c12-10-6-8(14(16)17)3-4-11(10)13-5-1-2-9(15)7-13/h3-4,6,9,15H,1-2,5,7H2/t9-/m1/s1. The summed E-state index contributed by atoms with van der Waals surface area (Å²) in [6.45, 7) is 1.34. The predicted molar refractivity (Wildman–Crippen MR) is 65.6 cm³/mol. The van der Waals surface area contributed by atoms with Gasteiger partial charge in [-0.2, -0.15) is 0 Å². The van der Waals surface area contributed by atoms with Crippen molar-refractivity contribution >= 4 is 23.0 Å². The Morgan fingerprint density at radius 3 is 2.88 bits per heavy atom. The minimum absolute atomic E-state index is 0.0173. The molecule has 2 rings (SSSR count). The van der Waals surface area contributed by atoms with E-state index >= 15 is 0 Å². The van der Waals surface area contributed by atoms with Crippen molar-refractivity contribution in [2.24, 2.45) is 0 Å². The molecule has 0 spiro atoms. The molecule has 1 aliphatic heterocycles. The van der Waals surface area contributed by atoms with Crippen LogP contribution in [0.4, 0.5) is 11.4 Å². The molecule has 92 valence electrons. The third-order valence-corrected chi connectivity index (χ3v) is 3.18. The first-order chi connectivity index (χ1) is 8.08. The third-order valence-electron chi connectivity index (χ3n) is 2.88. The van der Waals surface area contributed by atoms with Crippen molar-refractivity contribution in [3.63, 3.8) is 0 Å². The molecule has 1 aliphatic rings. The number of hydrogen-bond donors (Lipinski definition) is 1. The lowest BCUT2D eigenvalue weighted by molar-refractivity contribution is -0.384. The highest BCUT2D eigenvalue weighted by molar-refractivity contribution is 6.33. The van der Waals surface area contributed by atoms with Crippen molar-refractivity contribution in [2.75, 3.05) is 18.0 Å². The van der Waals surface area contributed by atoms with E-state index in [1.54, 1.807) is 6.07 Å². The lowest BCUT2D eigenvalue weighted by Gasteiger charge is -2.32. The van der Waals surface area contributed by atoms with Crippen molar-refractivity contribution in [3.05, 3.63) is 33.3 Å². The number of anilines is 1. The topological polar surface area (TPSA) is 66.6 Å². The molecule has 1 saturated heterocycles. The number of aliphatic hydroxyl groups excluding tert-OH is 1. The van der Waals surface area contributed by atoms with Gasteiger partial charge < -0.3 is 10.0 Å². The molecule has 1 aromatic carbocycles. The fraction of sp³-hybridized carbons (Fsp3) is 0.455. The average Bonchev–Trinajstić information content (AvgIpc) is 2.28. The molecule has 1 heterocycles. The molecule has 0 unspecified atom stereocenters. The number of rotatable bonds is 2. The van der Waals surface area contributed by atoms with Crippen LogP contribution in [0.2, 0.25) is 5.02 Å². The maximum absolute atomic E-state index is 10.6. The molecule has 1 N–H and O–H groups in total. The Morgan fingerprint density at radius 1 is 1.53 bits per heavy atom. The highest BCUT2D eigenvalue weighted by atomic mass is 35.5. The minimum Gasteiger partial charge on any atom is -0.391 e. The van der Waals surface area contributed by atoms with Gasteiger partial charge in [0.05, 0.1) is 21.7 Å². The predicted octanol–water partition coefficient (Wildman–Crippen LogP) is 2.21. The largest absolute Gasteiger partial charge is 0.391 e. The van der Waals surface area contributed by atoms with E-state index in [0.717, 1.165) is 25.1 Å². The zero-order valence-corrected chi connectivity index (χ0v) is 9.93. The van der Waals surface area contributed by atoms with Crippen molar-refractivity contribution < 1.29 is 10.0 Å². The van der Waals surface area contributed by atoms with Crippen LogP contribution in [0.5, 0.6) is 0 Å². The van der Waals surface area contributed by atoms with Gasteiger partial charge in [-0.1, -0.05) is 11.6 Å². The van der Waals surface area contributed by atoms with Gasteiger partial charge in [-0.05, 0) is 18.9 Å². The summed E-state index contributed by atoms with van der Waals surface area (Å²) in [6, 6.07) is 4.42. The Hall–Kier alpha value is -1.33. The van der Waals surface area contributed by atoms with Crippen LogP contribution in [-0.2, 0) is 0 Å². The van der Waals surface area contributed by atoms with Crippen LogP contribution in [0.1, 0.15) is 12.8 Å². The first kappa shape index (κ1) is 12.1. The van der Waals surface area contributed by atoms with Gasteiger partial charge >= 0.3 is 0 Å². The number of hydrogen-bond acceptors (Lipinski definition) is 4. The van der Waals surface area contributed by atoms with E-state index < -0.39 is 4.92 Å². The van der Waals surface area contributed by atoms with Crippen LogP contribution in [0, 0.1) is 10.1 Å². The van der Waals surface area contributed by atoms with Gasteiger partial charge in [0.15, 0.2) is 0 Å². The number of aliphatic hydroxyl groups is 1. The molecule has 1 atom stereocenters. The Labute approximate surface area is 104 Å². The molecule has 6 heteroatoms. The number of halogens is 1. The van der Waals surface area contributed by atoms with Crippen LogP contribution in [0.15, 0.2) is 18.2 Å². The first-order valence-corrected chi connectivity index (χ1v) is 5.82. The van der Waals surface area contributed by atoms with Gasteiger partial charge in [0.25, 0.3) is 5.69 Å². The second kappa shape index (κ2) is 4.89. The Kier molecular flexibility index (Phi) is 3.49. The van der Waals surface area contributed by atoms with Gasteiger partial charge in [0.1, 0.15) is 0 Å². The molecule has 17 heavy (non-hydrogen) atoms. The zero-order chi connectivity index (χ0) is 12.4.